The van der Waals surface area contributed by atoms with Crippen LogP contribution >= 0.6 is 0 Å². The Hall–Kier alpha value is -2.61. The number of fused-ring (bicyclic) bond motifs is 1. The van der Waals surface area contributed by atoms with E-state index in [0.717, 1.165) is 6.26 Å². The van der Waals surface area contributed by atoms with Gasteiger partial charge in [-0.25, -0.2) is 12.9 Å². The van der Waals surface area contributed by atoms with Crippen molar-refractivity contribution in [3.8, 4) is 11.3 Å². The molecule has 3 aromatic rings. The molecule has 0 aliphatic heterocycles. The van der Waals surface area contributed by atoms with Crippen molar-refractivity contribution in [2.24, 2.45) is 0 Å². The van der Waals surface area contributed by atoms with Gasteiger partial charge in [-0.3, -0.25) is 0 Å². The molecule has 0 aliphatic carbocycles. The number of aromatic nitrogens is 3. The van der Waals surface area contributed by atoms with E-state index >= 15 is 0 Å². The number of pyridine rings is 1. The number of rotatable bonds is 2. The number of nitrogens with zero attached hydrogens (tertiary/aromatic N) is 3. The van der Waals surface area contributed by atoms with Gasteiger partial charge in [-0.2, -0.15) is 4.98 Å². The van der Waals surface area contributed by atoms with E-state index in [1.165, 1.54) is 10.6 Å². The van der Waals surface area contributed by atoms with Gasteiger partial charge in [0.15, 0.2) is 15.5 Å². The monoisotopic (exact) mass is 303 g/mol. The van der Waals surface area contributed by atoms with Crippen LogP contribution in [-0.2, 0) is 9.84 Å². The average Bonchev–Trinajstić information content (AvgIpc) is 2.78. The Bertz CT molecular complexity index is 946. The molecule has 0 bridgehead atoms. The number of nitrogen functional groups attached to an aromatic ring is 2. The molecule has 0 spiro atoms. The minimum Gasteiger partial charge on any atom is -0.397 e. The Morgan fingerprint density at radius 2 is 1.90 bits per heavy atom. The summed E-state index contributed by atoms with van der Waals surface area (Å²) in [5.74, 6) is 0.126. The first kappa shape index (κ1) is 13.4. The molecular weight excluding hydrogens is 290 g/mol. The third-order valence-electron chi connectivity index (χ3n) is 3.08. The standard InChI is InChI=1S/C13H13N5O2S/c1-21(19,20)9-4-2-3-8(7-9)12-10(14)5-6-11-16-13(15)17-18(11)12/h2-7H,14H2,1H3,(H2,15,17). The fourth-order valence-electron chi connectivity index (χ4n) is 2.14. The normalized spacial score (nSPS) is 11.9. The molecule has 108 valence electrons. The zero-order valence-electron chi connectivity index (χ0n) is 11.2. The average molecular weight is 303 g/mol. The van der Waals surface area contributed by atoms with Gasteiger partial charge in [0, 0.05) is 11.8 Å². The van der Waals surface area contributed by atoms with E-state index in [4.69, 9.17) is 11.5 Å². The number of benzene rings is 1. The molecule has 2 aromatic heterocycles. The summed E-state index contributed by atoms with van der Waals surface area (Å²) in [6.45, 7) is 0. The zero-order valence-corrected chi connectivity index (χ0v) is 12.0. The smallest absolute Gasteiger partial charge is 0.240 e. The summed E-state index contributed by atoms with van der Waals surface area (Å²) in [6.07, 6.45) is 1.16. The van der Waals surface area contributed by atoms with Gasteiger partial charge in [0.05, 0.1) is 16.3 Å². The number of anilines is 2. The molecule has 0 amide bonds. The molecule has 4 N–H and O–H groups in total. The summed E-state index contributed by atoms with van der Waals surface area (Å²) in [7, 11) is -3.31. The second kappa shape index (κ2) is 4.45. The summed E-state index contributed by atoms with van der Waals surface area (Å²) < 4.78 is 24.9. The molecule has 8 heteroatoms. The molecule has 0 saturated heterocycles. The zero-order chi connectivity index (χ0) is 15.2. The highest BCUT2D eigenvalue weighted by molar-refractivity contribution is 7.90. The van der Waals surface area contributed by atoms with Crippen molar-refractivity contribution in [1.29, 1.82) is 0 Å². The van der Waals surface area contributed by atoms with Gasteiger partial charge in [-0.1, -0.05) is 12.1 Å². The van der Waals surface area contributed by atoms with Crippen LogP contribution in [0.5, 0.6) is 0 Å². The number of sulfone groups is 1. The van der Waals surface area contributed by atoms with Crippen LogP contribution < -0.4 is 11.5 Å². The number of hydrogen-bond acceptors (Lipinski definition) is 6. The Balaban J connectivity index is 2.32. The largest absolute Gasteiger partial charge is 0.397 e. The summed E-state index contributed by atoms with van der Waals surface area (Å²) >= 11 is 0. The first-order valence-corrected chi connectivity index (χ1v) is 7.96. The van der Waals surface area contributed by atoms with Gasteiger partial charge in [0.25, 0.3) is 0 Å². The van der Waals surface area contributed by atoms with E-state index in [2.05, 4.69) is 10.1 Å². The highest BCUT2D eigenvalue weighted by Crippen LogP contribution is 2.28. The van der Waals surface area contributed by atoms with Crippen LogP contribution in [0.2, 0.25) is 0 Å². The summed E-state index contributed by atoms with van der Waals surface area (Å²) in [6, 6.07) is 9.89. The third kappa shape index (κ3) is 2.29. The first-order chi connectivity index (χ1) is 9.86. The molecule has 0 radical (unpaired) electrons. The Kier molecular flexibility index (Phi) is 2.84. The molecule has 21 heavy (non-hydrogen) atoms. The summed E-state index contributed by atoms with van der Waals surface area (Å²) in [4.78, 5) is 4.28. The van der Waals surface area contributed by atoms with Crippen molar-refractivity contribution in [2.45, 2.75) is 4.90 Å². The molecule has 2 heterocycles. The predicted molar refractivity (Wildman–Crippen MR) is 80.4 cm³/mol. The van der Waals surface area contributed by atoms with E-state index in [0.29, 0.717) is 22.6 Å². The van der Waals surface area contributed by atoms with Crippen molar-refractivity contribution >= 4 is 27.1 Å². The Labute approximate surface area is 121 Å². The number of nitrogens with two attached hydrogens (primary N) is 2. The van der Waals surface area contributed by atoms with E-state index in [9.17, 15) is 8.42 Å². The minimum absolute atomic E-state index is 0.126. The second-order valence-electron chi connectivity index (χ2n) is 4.68. The van der Waals surface area contributed by atoms with Crippen molar-refractivity contribution < 1.29 is 8.42 Å². The van der Waals surface area contributed by atoms with Crippen LogP contribution in [0.3, 0.4) is 0 Å². The molecule has 0 atom stereocenters. The van der Waals surface area contributed by atoms with E-state index < -0.39 is 9.84 Å². The Morgan fingerprint density at radius 3 is 2.62 bits per heavy atom. The predicted octanol–water partition coefficient (Wildman–Crippen LogP) is 0.964. The lowest BCUT2D eigenvalue weighted by atomic mass is 10.1. The first-order valence-electron chi connectivity index (χ1n) is 6.07. The fourth-order valence-corrected chi connectivity index (χ4v) is 2.81. The highest BCUT2D eigenvalue weighted by atomic mass is 32.2. The lowest BCUT2D eigenvalue weighted by Crippen LogP contribution is -2.02. The molecule has 7 nitrogen and oxygen atoms in total. The van der Waals surface area contributed by atoms with Crippen molar-refractivity contribution in [1.82, 2.24) is 14.6 Å². The minimum atomic E-state index is -3.31. The van der Waals surface area contributed by atoms with Crippen LogP contribution in [0, 0.1) is 0 Å². The quantitative estimate of drug-likeness (QED) is 0.728. The lowest BCUT2D eigenvalue weighted by Gasteiger charge is -2.09. The topological polar surface area (TPSA) is 116 Å². The third-order valence-corrected chi connectivity index (χ3v) is 4.19. The van der Waals surface area contributed by atoms with E-state index in [1.54, 1.807) is 30.3 Å². The van der Waals surface area contributed by atoms with Crippen LogP contribution in [0.15, 0.2) is 41.3 Å². The molecular formula is C13H13N5O2S. The molecule has 0 aliphatic rings. The maximum Gasteiger partial charge on any atom is 0.240 e. The molecule has 0 unspecified atom stereocenters. The molecule has 0 saturated carbocycles. The summed E-state index contributed by atoms with van der Waals surface area (Å²) in [5, 5.41) is 4.10. The van der Waals surface area contributed by atoms with Crippen molar-refractivity contribution in [3.63, 3.8) is 0 Å². The summed E-state index contributed by atoms with van der Waals surface area (Å²) in [5.41, 5.74) is 13.8. The van der Waals surface area contributed by atoms with Crippen LogP contribution in [0.1, 0.15) is 0 Å². The van der Waals surface area contributed by atoms with Crippen LogP contribution in [0.25, 0.3) is 16.9 Å². The van der Waals surface area contributed by atoms with Crippen LogP contribution in [0.4, 0.5) is 11.6 Å². The number of hydrogen-bond donors (Lipinski definition) is 2. The highest BCUT2D eigenvalue weighted by Gasteiger charge is 2.14. The molecule has 0 fully saturated rings. The van der Waals surface area contributed by atoms with Gasteiger partial charge in [-0.05, 0) is 24.3 Å². The maximum absolute atomic E-state index is 11.7. The van der Waals surface area contributed by atoms with Gasteiger partial charge in [0.2, 0.25) is 5.95 Å². The van der Waals surface area contributed by atoms with Crippen molar-refractivity contribution in [3.05, 3.63) is 36.4 Å². The molecule has 3 rings (SSSR count). The SMILES string of the molecule is CS(=O)(=O)c1cccc(-c2c(N)ccc3nc(N)nn23)c1. The Morgan fingerprint density at radius 1 is 1.14 bits per heavy atom. The van der Waals surface area contributed by atoms with E-state index in [1.807, 2.05) is 0 Å². The van der Waals surface area contributed by atoms with E-state index in [-0.39, 0.29) is 10.8 Å². The maximum atomic E-state index is 11.7. The molecule has 1 aromatic carbocycles. The van der Waals surface area contributed by atoms with Gasteiger partial charge >= 0.3 is 0 Å². The second-order valence-corrected chi connectivity index (χ2v) is 6.69. The lowest BCUT2D eigenvalue weighted by molar-refractivity contribution is 0.602. The van der Waals surface area contributed by atoms with Gasteiger partial charge < -0.3 is 11.5 Å². The van der Waals surface area contributed by atoms with Gasteiger partial charge in [0.1, 0.15) is 0 Å². The van der Waals surface area contributed by atoms with Crippen molar-refractivity contribution in [2.75, 3.05) is 17.7 Å². The van der Waals surface area contributed by atoms with Crippen LogP contribution in [-0.4, -0.2) is 29.3 Å². The van der Waals surface area contributed by atoms with Gasteiger partial charge in [-0.15, -0.1) is 5.10 Å². The fraction of sp³-hybridized carbons (Fsp3) is 0.0769.